The van der Waals surface area contributed by atoms with Crippen molar-refractivity contribution in [3.63, 3.8) is 0 Å². The van der Waals surface area contributed by atoms with Crippen molar-refractivity contribution in [2.24, 2.45) is 5.92 Å². The second kappa shape index (κ2) is 7.00. The molecule has 5 nitrogen and oxygen atoms in total. The number of hydrogen-bond donors (Lipinski definition) is 0. The van der Waals surface area contributed by atoms with E-state index in [1.807, 2.05) is 21.8 Å². The molecule has 1 amide bonds. The molecule has 25 heavy (non-hydrogen) atoms. The molecule has 0 spiro atoms. The van der Waals surface area contributed by atoms with E-state index in [1.165, 1.54) is 11.1 Å². The fraction of sp³-hybridized carbons (Fsp3) is 0.500. The van der Waals surface area contributed by atoms with Gasteiger partial charge >= 0.3 is 0 Å². The lowest BCUT2D eigenvalue weighted by Gasteiger charge is -2.24. The van der Waals surface area contributed by atoms with Crippen LogP contribution in [-0.2, 0) is 16.1 Å². The molecule has 1 aromatic heterocycles. The Morgan fingerprint density at radius 1 is 1.28 bits per heavy atom. The first-order chi connectivity index (χ1) is 12.2. The summed E-state index contributed by atoms with van der Waals surface area (Å²) in [5.74, 6) is 0.811. The van der Waals surface area contributed by atoms with Crippen molar-refractivity contribution >= 4 is 5.91 Å². The molecule has 2 aromatic rings. The Hall–Kier alpha value is -2.14. The number of nitrogens with zero attached hydrogens (tertiary/aromatic N) is 3. The van der Waals surface area contributed by atoms with Gasteiger partial charge in [0.1, 0.15) is 6.10 Å². The zero-order chi connectivity index (χ0) is 17.2. The number of hydrogen-bond acceptors (Lipinski definition) is 3. The minimum Gasteiger partial charge on any atom is -0.368 e. The molecule has 1 unspecified atom stereocenters. The van der Waals surface area contributed by atoms with Crippen LogP contribution in [0.25, 0.3) is 0 Å². The van der Waals surface area contributed by atoms with Crippen LogP contribution in [0.15, 0.2) is 42.7 Å². The second-order valence-corrected chi connectivity index (χ2v) is 7.25. The molecule has 0 saturated carbocycles. The van der Waals surface area contributed by atoms with Crippen molar-refractivity contribution in [1.29, 1.82) is 0 Å². The first-order valence-corrected chi connectivity index (χ1v) is 9.15. The van der Waals surface area contributed by atoms with E-state index in [4.69, 9.17) is 4.74 Å². The van der Waals surface area contributed by atoms with Crippen molar-refractivity contribution in [3.8, 4) is 0 Å². The number of aromatic nitrogens is 2. The molecule has 0 N–H and O–H groups in total. The average Bonchev–Trinajstić information content (AvgIpc) is 3.37. The minimum atomic E-state index is -0.319. The van der Waals surface area contributed by atoms with Gasteiger partial charge in [-0.15, -0.1) is 0 Å². The lowest BCUT2D eigenvalue weighted by atomic mass is 9.97. The van der Waals surface area contributed by atoms with E-state index in [2.05, 4.69) is 36.3 Å². The lowest BCUT2D eigenvalue weighted by Crippen LogP contribution is -2.41. The SMILES string of the molecule is Cc1ccc(C2CCN(C(=O)[C@@H]3OCC[C@@H]3Cn3cccn3)C2)cc1. The third-order valence-electron chi connectivity index (χ3n) is 5.49. The van der Waals surface area contributed by atoms with Gasteiger partial charge < -0.3 is 9.64 Å². The molecular weight excluding hydrogens is 314 g/mol. The van der Waals surface area contributed by atoms with Gasteiger partial charge in [-0.25, -0.2) is 0 Å². The molecule has 3 atom stereocenters. The van der Waals surface area contributed by atoms with Crippen molar-refractivity contribution < 1.29 is 9.53 Å². The van der Waals surface area contributed by atoms with E-state index in [9.17, 15) is 4.79 Å². The van der Waals surface area contributed by atoms with Crippen molar-refractivity contribution in [2.45, 2.75) is 38.3 Å². The molecule has 0 aliphatic carbocycles. The van der Waals surface area contributed by atoms with Gasteiger partial charge in [0.25, 0.3) is 5.91 Å². The van der Waals surface area contributed by atoms with Gasteiger partial charge in [-0.2, -0.15) is 5.10 Å². The van der Waals surface area contributed by atoms with Gasteiger partial charge in [-0.1, -0.05) is 29.8 Å². The van der Waals surface area contributed by atoms with Gasteiger partial charge in [0.2, 0.25) is 0 Å². The maximum absolute atomic E-state index is 13.0. The van der Waals surface area contributed by atoms with Crippen LogP contribution in [0.2, 0.25) is 0 Å². The minimum absolute atomic E-state index is 0.157. The van der Waals surface area contributed by atoms with E-state index in [-0.39, 0.29) is 17.9 Å². The molecule has 3 heterocycles. The highest BCUT2D eigenvalue weighted by Crippen LogP contribution is 2.31. The van der Waals surface area contributed by atoms with E-state index in [0.717, 1.165) is 32.5 Å². The highest BCUT2D eigenvalue weighted by Gasteiger charge is 2.39. The molecule has 0 radical (unpaired) electrons. The summed E-state index contributed by atoms with van der Waals surface area (Å²) in [6.07, 6.45) is 5.36. The Morgan fingerprint density at radius 3 is 2.88 bits per heavy atom. The molecule has 5 heteroatoms. The molecular formula is C20H25N3O2. The number of carbonyl (C=O) groups excluding carboxylic acids is 1. The van der Waals surface area contributed by atoms with E-state index in [0.29, 0.717) is 12.5 Å². The highest BCUT2D eigenvalue weighted by atomic mass is 16.5. The monoisotopic (exact) mass is 339 g/mol. The summed E-state index contributed by atoms with van der Waals surface area (Å²) in [5, 5.41) is 4.27. The normalized spacial score (nSPS) is 26.3. The van der Waals surface area contributed by atoms with Crippen LogP contribution < -0.4 is 0 Å². The summed E-state index contributed by atoms with van der Waals surface area (Å²) >= 11 is 0. The summed E-state index contributed by atoms with van der Waals surface area (Å²) in [6, 6.07) is 10.6. The van der Waals surface area contributed by atoms with Crippen LogP contribution >= 0.6 is 0 Å². The second-order valence-electron chi connectivity index (χ2n) is 7.25. The Labute approximate surface area is 148 Å². The van der Waals surface area contributed by atoms with Crippen LogP contribution in [-0.4, -0.2) is 46.4 Å². The van der Waals surface area contributed by atoms with Crippen molar-refractivity contribution in [1.82, 2.24) is 14.7 Å². The quantitative estimate of drug-likeness (QED) is 0.860. The highest BCUT2D eigenvalue weighted by molar-refractivity contribution is 5.82. The number of amides is 1. The van der Waals surface area contributed by atoms with Crippen molar-refractivity contribution in [2.75, 3.05) is 19.7 Å². The van der Waals surface area contributed by atoms with Crippen LogP contribution in [0, 0.1) is 12.8 Å². The van der Waals surface area contributed by atoms with Crippen LogP contribution in [0.1, 0.15) is 29.9 Å². The van der Waals surface area contributed by atoms with E-state index < -0.39 is 0 Å². The van der Waals surface area contributed by atoms with Gasteiger partial charge in [0.15, 0.2) is 0 Å². The maximum atomic E-state index is 13.0. The fourth-order valence-corrected chi connectivity index (χ4v) is 3.99. The molecule has 4 rings (SSSR count). The number of ether oxygens (including phenoxy) is 1. The Kier molecular flexibility index (Phi) is 4.57. The van der Waals surface area contributed by atoms with Gasteiger partial charge in [-0.3, -0.25) is 9.48 Å². The van der Waals surface area contributed by atoms with Crippen LogP contribution in [0.5, 0.6) is 0 Å². The fourth-order valence-electron chi connectivity index (χ4n) is 3.99. The van der Waals surface area contributed by atoms with Gasteiger partial charge in [-0.05, 0) is 31.4 Å². The standard InChI is InChI=1S/C20H25N3O2/c1-15-3-5-16(6-4-15)17-7-11-22(13-17)20(24)19-18(8-12-25-19)14-23-10-2-9-21-23/h2-6,9-10,17-19H,7-8,11-14H2,1H3/t17?,18-,19-/m1/s1. The molecule has 2 fully saturated rings. The van der Waals surface area contributed by atoms with Gasteiger partial charge in [0, 0.05) is 50.5 Å². The van der Waals surface area contributed by atoms with E-state index in [1.54, 1.807) is 6.20 Å². The number of aryl methyl sites for hydroxylation is 1. The predicted octanol–water partition coefficient (Wildman–Crippen LogP) is 2.61. The smallest absolute Gasteiger partial charge is 0.252 e. The largest absolute Gasteiger partial charge is 0.368 e. The van der Waals surface area contributed by atoms with Gasteiger partial charge in [0.05, 0.1) is 0 Å². The molecule has 2 aliphatic rings. The molecule has 2 saturated heterocycles. The Morgan fingerprint density at radius 2 is 2.12 bits per heavy atom. The summed E-state index contributed by atoms with van der Waals surface area (Å²) < 4.78 is 7.71. The van der Waals surface area contributed by atoms with Crippen LogP contribution in [0.3, 0.4) is 0 Å². The maximum Gasteiger partial charge on any atom is 0.252 e. The van der Waals surface area contributed by atoms with Crippen LogP contribution in [0.4, 0.5) is 0 Å². The Bertz CT molecular complexity index is 711. The lowest BCUT2D eigenvalue weighted by molar-refractivity contribution is -0.141. The molecule has 2 aliphatic heterocycles. The van der Waals surface area contributed by atoms with E-state index >= 15 is 0 Å². The Balaban J connectivity index is 1.40. The predicted molar refractivity (Wildman–Crippen MR) is 95.2 cm³/mol. The first kappa shape index (κ1) is 16.3. The summed E-state index contributed by atoms with van der Waals surface area (Å²) in [4.78, 5) is 15.0. The molecule has 0 bridgehead atoms. The number of likely N-dealkylation sites (tertiary alicyclic amines) is 1. The third kappa shape index (κ3) is 3.47. The third-order valence-corrected chi connectivity index (χ3v) is 5.49. The first-order valence-electron chi connectivity index (χ1n) is 9.15. The number of benzene rings is 1. The average molecular weight is 339 g/mol. The molecule has 1 aromatic carbocycles. The number of carbonyl (C=O) groups is 1. The summed E-state index contributed by atoms with van der Waals surface area (Å²) in [5.41, 5.74) is 2.61. The van der Waals surface area contributed by atoms with Crippen molar-refractivity contribution in [3.05, 3.63) is 53.9 Å². The zero-order valence-corrected chi connectivity index (χ0v) is 14.7. The topological polar surface area (TPSA) is 47.4 Å². The summed E-state index contributed by atoms with van der Waals surface area (Å²) in [7, 11) is 0. The zero-order valence-electron chi connectivity index (χ0n) is 14.7. The molecule has 132 valence electrons. The summed E-state index contributed by atoms with van der Waals surface area (Å²) in [6.45, 7) is 5.14. The number of rotatable bonds is 4.